The second kappa shape index (κ2) is 4.91. The molecule has 0 aliphatic heterocycles. The van der Waals surface area contributed by atoms with Gasteiger partial charge in [-0.25, -0.2) is 9.37 Å². The number of anilines is 1. The van der Waals surface area contributed by atoms with Crippen LogP contribution in [0.3, 0.4) is 0 Å². The number of pyridine rings is 1. The number of aromatic nitrogens is 1. The van der Waals surface area contributed by atoms with Gasteiger partial charge in [-0.3, -0.25) is 4.79 Å². The third-order valence-electron chi connectivity index (χ3n) is 2.36. The van der Waals surface area contributed by atoms with Gasteiger partial charge in [-0.2, -0.15) is 4.39 Å². The Morgan fingerprint density at radius 2 is 2.00 bits per heavy atom. The summed E-state index contributed by atoms with van der Waals surface area (Å²) in [6.45, 7) is 1.79. The fourth-order valence-electron chi connectivity index (χ4n) is 1.44. The lowest BCUT2D eigenvalue weighted by Crippen LogP contribution is -2.13. The van der Waals surface area contributed by atoms with Crippen LogP contribution in [0, 0.1) is 18.7 Å². The zero-order chi connectivity index (χ0) is 13.1. The fourth-order valence-corrected chi connectivity index (χ4v) is 1.44. The topological polar surface area (TPSA) is 42.0 Å². The number of halogens is 2. The van der Waals surface area contributed by atoms with Gasteiger partial charge >= 0.3 is 0 Å². The van der Waals surface area contributed by atoms with Crippen molar-refractivity contribution in [2.24, 2.45) is 0 Å². The number of carbonyl (C=O) groups is 1. The highest BCUT2D eigenvalue weighted by Crippen LogP contribution is 2.16. The third-order valence-corrected chi connectivity index (χ3v) is 2.36. The van der Waals surface area contributed by atoms with Crippen LogP contribution >= 0.6 is 0 Å². The number of nitrogens with zero attached hydrogens (tertiary/aromatic N) is 1. The molecule has 2 rings (SSSR count). The molecule has 1 N–H and O–H groups in total. The molecular weight excluding hydrogens is 238 g/mol. The molecule has 0 spiro atoms. The summed E-state index contributed by atoms with van der Waals surface area (Å²) in [7, 11) is 0. The quantitative estimate of drug-likeness (QED) is 0.830. The summed E-state index contributed by atoms with van der Waals surface area (Å²) in [5.74, 6) is -1.73. The molecule has 1 heterocycles. The van der Waals surface area contributed by atoms with E-state index in [1.165, 1.54) is 18.2 Å². The molecule has 3 nitrogen and oxygen atoms in total. The summed E-state index contributed by atoms with van der Waals surface area (Å²) in [5, 5.41) is 2.41. The van der Waals surface area contributed by atoms with Gasteiger partial charge in [0.2, 0.25) is 5.95 Å². The zero-order valence-corrected chi connectivity index (χ0v) is 9.58. The third kappa shape index (κ3) is 2.68. The molecule has 1 aromatic heterocycles. The van der Waals surface area contributed by atoms with Crippen molar-refractivity contribution in [2.75, 3.05) is 5.32 Å². The Morgan fingerprint density at radius 1 is 1.22 bits per heavy atom. The monoisotopic (exact) mass is 248 g/mol. The van der Waals surface area contributed by atoms with E-state index in [2.05, 4.69) is 10.3 Å². The van der Waals surface area contributed by atoms with Gasteiger partial charge in [0.05, 0.1) is 11.3 Å². The van der Waals surface area contributed by atoms with E-state index in [1.54, 1.807) is 13.0 Å². The van der Waals surface area contributed by atoms with Crippen LogP contribution in [0.15, 0.2) is 36.5 Å². The molecule has 0 unspecified atom stereocenters. The van der Waals surface area contributed by atoms with Crippen LogP contribution < -0.4 is 5.32 Å². The lowest BCUT2D eigenvalue weighted by atomic mass is 10.2. The summed E-state index contributed by atoms with van der Waals surface area (Å²) in [5.41, 5.74) is 1.07. The number of amides is 1. The maximum atomic E-state index is 13.4. The fraction of sp³-hybridized carbons (Fsp3) is 0.0769. The number of hydrogen-bond acceptors (Lipinski definition) is 2. The van der Waals surface area contributed by atoms with E-state index in [0.717, 1.165) is 17.8 Å². The molecule has 0 aliphatic rings. The zero-order valence-electron chi connectivity index (χ0n) is 9.58. The highest BCUT2D eigenvalue weighted by atomic mass is 19.1. The number of rotatable bonds is 2. The minimum absolute atomic E-state index is 0.0873. The van der Waals surface area contributed by atoms with Gasteiger partial charge in [0.15, 0.2) is 0 Å². The van der Waals surface area contributed by atoms with Crippen LogP contribution in [0.2, 0.25) is 0 Å². The average molecular weight is 248 g/mol. The van der Waals surface area contributed by atoms with Crippen molar-refractivity contribution < 1.29 is 13.6 Å². The van der Waals surface area contributed by atoms with Crippen LogP contribution in [-0.2, 0) is 0 Å². The van der Waals surface area contributed by atoms with Crippen LogP contribution in [0.25, 0.3) is 0 Å². The number of nitrogens with one attached hydrogen (secondary N) is 1. The lowest BCUT2D eigenvalue weighted by Gasteiger charge is -2.07. The Morgan fingerprint density at radius 3 is 2.67 bits per heavy atom. The molecule has 0 saturated carbocycles. The summed E-state index contributed by atoms with van der Waals surface area (Å²) in [6.07, 6.45) is 1.10. The van der Waals surface area contributed by atoms with Crippen molar-refractivity contribution in [3.8, 4) is 0 Å². The first-order chi connectivity index (χ1) is 8.56. The first-order valence-corrected chi connectivity index (χ1v) is 5.25. The summed E-state index contributed by atoms with van der Waals surface area (Å²) >= 11 is 0. The van der Waals surface area contributed by atoms with Crippen molar-refractivity contribution in [3.63, 3.8) is 0 Å². The Bertz CT molecular complexity index is 582. The van der Waals surface area contributed by atoms with Crippen molar-refractivity contribution in [2.45, 2.75) is 6.92 Å². The molecular formula is C13H10F2N2O. The molecule has 2 aromatic rings. The van der Waals surface area contributed by atoms with Crippen LogP contribution in [0.5, 0.6) is 0 Å². The van der Waals surface area contributed by atoms with Gasteiger partial charge in [0.25, 0.3) is 5.91 Å². The van der Waals surface area contributed by atoms with Gasteiger partial charge in [-0.15, -0.1) is 0 Å². The Kier molecular flexibility index (Phi) is 3.32. The Hall–Kier alpha value is -2.30. The van der Waals surface area contributed by atoms with Gasteiger partial charge < -0.3 is 5.32 Å². The van der Waals surface area contributed by atoms with Gasteiger partial charge in [0, 0.05) is 6.20 Å². The van der Waals surface area contributed by atoms with E-state index in [4.69, 9.17) is 0 Å². The Balaban J connectivity index is 2.21. The van der Waals surface area contributed by atoms with Gasteiger partial charge in [-0.05, 0) is 36.8 Å². The first-order valence-electron chi connectivity index (χ1n) is 5.25. The van der Waals surface area contributed by atoms with E-state index < -0.39 is 17.7 Å². The van der Waals surface area contributed by atoms with Crippen molar-refractivity contribution >= 4 is 11.6 Å². The van der Waals surface area contributed by atoms with Crippen LogP contribution in [0.4, 0.5) is 14.5 Å². The van der Waals surface area contributed by atoms with Crippen molar-refractivity contribution in [1.82, 2.24) is 4.98 Å². The lowest BCUT2D eigenvalue weighted by molar-refractivity contribution is 0.102. The maximum absolute atomic E-state index is 13.4. The van der Waals surface area contributed by atoms with E-state index in [-0.39, 0.29) is 11.3 Å². The number of hydrogen-bond donors (Lipinski definition) is 1. The molecule has 0 atom stereocenters. The number of aryl methyl sites for hydroxylation is 1. The number of carbonyl (C=O) groups excluding carboxylic acids is 1. The SMILES string of the molecule is Cc1ccc(F)c(NC(=O)c2ccc(F)nc2)c1. The van der Waals surface area contributed by atoms with Gasteiger partial charge in [-0.1, -0.05) is 6.07 Å². The standard InChI is InChI=1S/C13H10F2N2O/c1-8-2-4-10(14)11(6-8)17-13(18)9-3-5-12(15)16-7-9/h2-7H,1H3,(H,17,18). The maximum Gasteiger partial charge on any atom is 0.257 e. The molecule has 0 aliphatic carbocycles. The van der Waals surface area contributed by atoms with E-state index in [9.17, 15) is 13.6 Å². The predicted molar refractivity (Wildman–Crippen MR) is 63.3 cm³/mol. The highest BCUT2D eigenvalue weighted by Gasteiger charge is 2.09. The largest absolute Gasteiger partial charge is 0.319 e. The highest BCUT2D eigenvalue weighted by molar-refractivity contribution is 6.04. The molecule has 1 aromatic carbocycles. The van der Waals surface area contributed by atoms with E-state index in [1.807, 2.05) is 0 Å². The van der Waals surface area contributed by atoms with E-state index >= 15 is 0 Å². The van der Waals surface area contributed by atoms with Crippen LogP contribution in [-0.4, -0.2) is 10.9 Å². The molecule has 0 saturated heterocycles. The molecule has 0 radical (unpaired) electrons. The molecule has 0 fully saturated rings. The van der Waals surface area contributed by atoms with Gasteiger partial charge in [0.1, 0.15) is 5.82 Å². The van der Waals surface area contributed by atoms with Crippen LogP contribution in [0.1, 0.15) is 15.9 Å². The van der Waals surface area contributed by atoms with Crippen molar-refractivity contribution in [1.29, 1.82) is 0 Å². The molecule has 0 bridgehead atoms. The minimum atomic E-state index is -0.673. The second-order valence-electron chi connectivity index (χ2n) is 3.81. The number of benzene rings is 1. The predicted octanol–water partition coefficient (Wildman–Crippen LogP) is 2.92. The first kappa shape index (κ1) is 12.2. The Labute approximate surface area is 102 Å². The normalized spacial score (nSPS) is 10.2. The summed E-state index contributed by atoms with van der Waals surface area (Å²) in [6, 6.07) is 6.75. The summed E-state index contributed by atoms with van der Waals surface area (Å²) < 4.78 is 26.0. The van der Waals surface area contributed by atoms with Crippen molar-refractivity contribution in [3.05, 3.63) is 59.4 Å². The molecule has 92 valence electrons. The second-order valence-corrected chi connectivity index (χ2v) is 3.81. The molecule has 1 amide bonds. The summed E-state index contributed by atoms with van der Waals surface area (Å²) in [4.78, 5) is 15.1. The molecule has 18 heavy (non-hydrogen) atoms. The minimum Gasteiger partial charge on any atom is -0.319 e. The average Bonchev–Trinajstić information content (AvgIpc) is 2.34. The molecule has 5 heteroatoms. The smallest absolute Gasteiger partial charge is 0.257 e. The van der Waals surface area contributed by atoms with E-state index in [0.29, 0.717) is 0 Å².